The number of carbonyl (C=O) groups is 1. The third kappa shape index (κ3) is 4.87. The summed E-state index contributed by atoms with van der Waals surface area (Å²) in [4.78, 5) is 14.3. The third-order valence-corrected chi connectivity index (χ3v) is 4.59. The van der Waals surface area contributed by atoms with Crippen LogP contribution in [0.3, 0.4) is 0 Å². The minimum Gasteiger partial charge on any atom is -0.380 e. The zero-order valence-electron chi connectivity index (χ0n) is 14.2. The molecule has 1 aliphatic rings. The van der Waals surface area contributed by atoms with Crippen molar-refractivity contribution in [2.75, 3.05) is 30.4 Å². The zero-order chi connectivity index (χ0) is 17.6. The van der Waals surface area contributed by atoms with Gasteiger partial charge in [0.1, 0.15) is 0 Å². The lowest BCUT2D eigenvalue weighted by Gasteiger charge is -2.18. The second-order valence-corrected chi connectivity index (χ2v) is 6.51. The molecular weight excluding hydrogens is 338 g/mol. The van der Waals surface area contributed by atoms with Gasteiger partial charge in [-0.3, -0.25) is 0 Å². The summed E-state index contributed by atoms with van der Waals surface area (Å²) < 4.78 is 5.39. The topological polar surface area (TPSA) is 53.6 Å². The zero-order valence-corrected chi connectivity index (χ0v) is 14.9. The number of hydrogen-bond donors (Lipinski definition) is 2. The number of ether oxygens (including phenoxy) is 1. The lowest BCUT2D eigenvalue weighted by Crippen LogP contribution is -2.28. The van der Waals surface area contributed by atoms with Crippen LogP contribution >= 0.6 is 11.6 Å². The summed E-state index contributed by atoms with van der Waals surface area (Å²) in [6, 6.07) is 15.0. The van der Waals surface area contributed by atoms with Crippen LogP contribution in [0.25, 0.3) is 0 Å². The Morgan fingerprint density at radius 2 is 1.92 bits per heavy atom. The monoisotopic (exact) mass is 359 g/mol. The Morgan fingerprint density at radius 1 is 1.20 bits per heavy atom. The lowest BCUT2D eigenvalue weighted by atomic mass is 10.2. The Morgan fingerprint density at radius 3 is 2.56 bits per heavy atom. The van der Waals surface area contributed by atoms with Crippen molar-refractivity contribution in [2.24, 2.45) is 0 Å². The fourth-order valence-electron chi connectivity index (χ4n) is 2.87. The number of hydrogen-bond acceptors (Lipinski definition) is 3. The van der Waals surface area contributed by atoms with E-state index >= 15 is 0 Å². The first kappa shape index (κ1) is 17.6. The Balaban J connectivity index is 1.49. The van der Waals surface area contributed by atoms with E-state index in [1.165, 1.54) is 0 Å². The van der Waals surface area contributed by atoms with Gasteiger partial charge in [0.05, 0.1) is 6.10 Å². The molecule has 0 radical (unpaired) electrons. The molecule has 132 valence electrons. The maximum absolute atomic E-state index is 12.0. The molecule has 25 heavy (non-hydrogen) atoms. The largest absolute Gasteiger partial charge is 0.380 e. The van der Waals surface area contributed by atoms with Gasteiger partial charge in [-0.2, -0.15) is 0 Å². The second kappa shape index (κ2) is 8.23. The molecule has 0 bridgehead atoms. The molecule has 1 aliphatic heterocycles. The van der Waals surface area contributed by atoms with E-state index in [2.05, 4.69) is 15.5 Å². The number of amides is 2. The van der Waals surface area contributed by atoms with Gasteiger partial charge in [0.2, 0.25) is 0 Å². The standard InChI is InChI=1S/C19H22ClN3O2/c1-25-18-10-11-23(13-18)17-8-6-16(7-9-17)22-19(24)21-12-14-2-4-15(20)5-3-14/h2-9,18H,10-13H2,1H3,(H2,21,22,24)/t18-/m1/s1. The summed E-state index contributed by atoms with van der Waals surface area (Å²) in [6.07, 6.45) is 1.35. The summed E-state index contributed by atoms with van der Waals surface area (Å²) >= 11 is 5.85. The van der Waals surface area contributed by atoms with Gasteiger partial charge in [-0.1, -0.05) is 23.7 Å². The predicted octanol–water partition coefficient (Wildman–Crippen LogP) is 3.89. The van der Waals surface area contributed by atoms with Gasteiger partial charge in [-0.15, -0.1) is 0 Å². The highest BCUT2D eigenvalue weighted by molar-refractivity contribution is 6.30. The summed E-state index contributed by atoms with van der Waals surface area (Å²) in [7, 11) is 1.75. The van der Waals surface area contributed by atoms with E-state index in [-0.39, 0.29) is 6.03 Å². The molecule has 2 aromatic rings. The van der Waals surface area contributed by atoms with E-state index < -0.39 is 0 Å². The molecule has 0 saturated carbocycles. The van der Waals surface area contributed by atoms with E-state index in [1.807, 2.05) is 48.5 Å². The Bertz CT molecular complexity index is 704. The average Bonchev–Trinajstić information content (AvgIpc) is 3.11. The third-order valence-electron chi connectivity index (χ3n) is 4.33. The normalized spacial score (nSPS) is 16.7. The second-order valence-electron chi connectivity index (χ2n) is 6.07. The van der Waals surface area contributed by atoms with Crippen LogP contribution in [0.4, 0.5) is 16.2 Å². The van der Waals surface area contributed by atoms with Crippen LogP contribution in [0.2, 0.25) is 5.02 Å². The minimum absolute atomic E-state index is 0.233. The molecule has 5 nitrogen and oxygen atoms in total. The van der Waals surface area contributed by atoms with Gasteiger partial charge in [-0.25, -0.2) is 4.79 Å². The Kier molecular flexibility index (Phi) is 5.79. The van der Waals surface area contributed by atoms with Gasteiger partial charge < -0.3 is 20.3 Å². The molecular formula is C19H22ClN3O2. The van der Waals surface area contributed by atoms with Crippen molar-refractivity contribution in [1.29, 1.82) is 0 Å². The van der Waals surface area contributed by atoms with Crippen molar-refractivity contribution in [3.05, 3.63) is 59.1 Å². The maximum Gasteiger partial charge on any atom is 0.319 e. The van der Waals surface area contributed by atoms with Crippen molar-refractivity contribution in [3.63, 3.8) is 0 Å². The van der Waals surface area contributed by atoms with Crippen LogP contribution in [-0.2, 0) is 11.3 Å². The number of nitrogens with one attached hydrogen (secondary N) is 2. The SMILES string of the molecule is CO[C@@H]1CCN(c2ccc(NC(=O)NCc3ccc(Cl)cc3)cc2)C1. The van der Waals surface area contributed by atoms with Crippen LogP contribution in [0, 0.1) is 0 Å². The number of benzene rings is 2. The van der Waals surface area contributed by atoms with Crippen molar-refractivity contribution in [3.8, 4) is 0 Å². The Labute approximate surface area is 152 Å². The van der Waals surface area contributed by atoms with Crippen molar-refractivity contribution < 1.29 is 9.53 Å². The number of halogens is 1. The smallest absolute Gasteiger partial charge is 0.319 e. The van der Waals surface area contributed by atoms with Gasteiger partial charge in [0.25, 0.3) is 0 Å². The number of nitrogens with zero attached hydrogens (tertiary/aromatic N) is 1. The van der Waals surface area contributed by atoms with Crippen LogP contribution in [0.5, 0.6) is 0 Å². The first-order valence-corrected chi connectivity index (χ1v) is 8.69. The average molecular weight is 360 g/mol. The number of anilines is 2. The molecule has 6 heteroatoms. The summed E-state index contributed by atoms with van der Waals surface area (Å²) in [5.74, 6) is 0. The molecule has 1 heterocycles. The first-order valence-electron chi connectivity index (χ1n) is 8.31. The molecule has 0 unspecified atom stereocenters. The molecule has 2 aromatic carbocycles. The van der Waals surface area contributed by atoms with Crippen molar-refractivity contribution in [1.82, 2.24) is 5.32 Å². The van der Waals surface area contributed by atoms with E-state index in [0.29, 0.717) is 17.7 Å². The van der Waals surface area contributed by atoms with E-state index in [0.717, 1.165) is 36.4 Å². The molecule has 2 N–H and O–H groups in total. The number of methoxy groups -OCH3 is 1. The maximum atomic E-state index is 12.0. The van der Waals surface area contributed by atoms with Gasteiger partial charge in [-0.05, 0) is 48.4 Å². The fraction of sp³-hybridized carbons (Fsp3) is 0.316. The number of rotatable bonds is 5. The minimum atomic E-state index is -0.233. The highest BCUT2D eigenvalue weighted by Crippen LogP contribution is 2.23. The quantitative estimate of drug-likeness (QED) is 0.851. The van der Waals surface area contributed by atoms with Crippen LogP contribution in [-0.4, -0.2) is 32.3 Å². The molecule has 2 amide bonds. The molecule has 0 spiro atoms. The number of urea groups is 1. The van der Waals surface area contributed by atoms with Crippen molar-refractivity contribution >= 4 is 29.0 Å². The van der Waals surface area contributed by atoms with E-state index in [9.17, 15) is 4.79 Å². The van der Waals surface area contributed by atoms with E-state index in [1.54, 1.807) is 7.11 Å². The highest BCUT2D eigenvalue weighted by Gasteiger charge is 2.22. The number of carbonyl (C=O) groups excluding carboxylic acids is 1. The predicted molar refractivity (Wildman–Crippen MR) is 101 cm³/mol. The van der Waals surface area contributed by atoms with Crippen LogP contribution < -0.4 is 15.5 Å². The summed E-state index contributed by atoms with van der Waals surface area (Å²) in [5.41, 5.74) is 2.91. The summed E-state index contributed by atoms with van der Waals surface area (Å²) in [6.45, 7) is 2.35. The van der Waals surface area contributed by atoms with Crippen LogP contribution in [0.15, 0.2) is 48.5 Å². The highest BCUT2D eigenvalue weighted by atomic mass is 35.5. The summed E-state index contributed by atoms with van der Waals surface area (Å²) in [5, 5.41) is 6.36. The van der Waals surface area contributed by atoms with Gasteiger partial charge in [0, 0.05) is 43.1 Å². The van der Waals surface area contributed by atoms with E-state index in [4.69, 9.17) is 16.3 Å². The Hall–Kier alpha value is -2.24. The van der Waals surface area contributed by atoms with Crippen molar-refractivity contribution in [2.45, 2.75) is 19.1 Å². The molecule has 1 saturated heterocycles. The molecule has 0 aliphatic carbocycles. The molecule has 1 fully saturated rings. The first-order chi connectivity index (χ1) is 12.1. The van der Waals surface area contributed by atoms with Crippen LogP contribution in [0.1, 0.15) is 12.0 Å². The molecule has 1 atom stereocenters. The van der Waals surface area contributed by atoms with Gasteiger partial charge >= 0.3 is 6.03 Å². The van der Waals surface area contributed by atoms with Gasteiger partial charge in [0.15, 0.2) is 0 Å². The molecule has 3 rings (SSSR count). The fourth-order valence-corrected chi connectivity index (χ4v) is 3.00. The lowest BCUT2D eigenvalue weighted by molar-refractivity contribution is 0.121. The molecule has 0 aromatic heterocycles.